The Morgan fingerprint density at radius 3 is 2.81 bits per heavy atom. The number of rotatable bonds is 4. The van der Waals surface area contributed by atoms with Gasteiger partial charge in [0.2, 0.25) is 11.3 Å². The summed E-state index contributed by atoms with van der Waals surface area (Å²) in [5.41, 5.74) is 1.92. The predicted molar refractivity (Wildman–Crippen MR) is 102 cm³/mol. The number of aryl methyl sites for hydroxylation is 1. The van der Waals surface area contributed by atoms with Gasteiger partial charge in [-0.2, -0.15) is 4.98 Å². The first-order chi connectivity index (χ1) is 12.7. The fourth-order valence-electron chi connectivity index (χ4n) is 3.00. The summed E-state index contributed by atoms with van der Waals surface area (Å²) in [5.74, 6) is 0.609. The molecule has 0 atom stereocenters. The van der Waals surface area contributed by atoms with Crippen LogP contribution in [0.4, 0.5) is 0 Å². The Morgan fingerprint density at radius 2 is 2.00 bits per heavy atom. The highest BCUT2D eigenvalue weighted by Gasteiger charge is 2.17. The fourth-order valence-corrected chi connectivity index (χ4v) is 3.19. The number of aromatic nitrogens is 3. The molecule has 130 valence electrons. The Morgan fingerprint density at radius 1 is 1.15 bits per heavy atom. The molecule has 26 heavy (non-hydrogen) atoms. The predicted octanol–water partition coefficient (Wildman–Crippen LogP) is 4.78. The quantitative estimate of drug-likeness (QED) is 0.522. The average Bonchev–Trinajstić information content (AvgIpc) is 3.14. The summed E-state index contributed by atoms with van der Waals surface area (Å²) in [6.45, 7) is 2.89. The number of fused-ring (bicyclic) bond motifs is 1. The van der Waals surface area contributed by atoms with Gasteiger partial charge in [-0.3, -0.25) is 4.79 Å². The van der Waals surface area contributed by atoms with Crippen molar-refractivity contribution in [3.05, 3.63) is 70.0 Å². The maximum atomic E-state index is 12.9. The molecule has 0 spiro atoms. The smallest absolute Gasteiger partial charge is 0.263 e. The molecular formula is C20H16ClN3O2. The summed E-state index contributed by atoms with van der Waals surface area (Å²) in [5, 5.41) is 5.24. The third-order valence-electron chi connectivity index (χ3n) is 4.19. The molecular weight excluding hydrogens is 350 g/mol. The minimum absolute atomic E-state index is 0.116. The van der Waals surface area contributed by atoms with E-state index < -0.39 is 0 Å². The molecule has 5 nitrogen and oxygen atoms in total. The van der Waals surface area contributed by atoms with Crippen LogP contribution in [0, 0.1) is 0 Å². The van der Waals surface area contributed by atoms with Crippen molar-refractivity contribution >= 4 is 22.5 Å². The van der Waals surface area contributed by atoms with Crippen LogP contribution < -0.4 is 5.43 Å². The molecule has 6 heteroatoms. The minimum atomic E-state index is -0.116. The number of hydrogen-bond donors (Lipinski definition) is 0. The van der Waals surface area contributed by atoms with Crippen molar-refractivity contribution in [2.45, 2.75) is 19.9 Å². The highest BCUT2D eigenvalue weighted by Crippen LogP contribution is 2.24. The van der Waals surface area contributed by atoms with Crippen LogP contribution >= 0.6 is 11.6 Å². The standard InChI is InChI=1S/C20H16ClN3O2/c1-2-10-24-12-16(18(25)15-8-3-4-9-17(15)24)20-22-19(23-26-20)13-6-5-7-14(21)11-13/h3-9,11-12H,2,10H2,1H3. The molecule has 2 heterocycles. The van der Waals surface area contributed by atoms with Gasteiger partial charge in [0.1, 0.15) is 5.56 Å². The molecule has 0 aliphatic heterocycles. The number of para-hydroxylation sites is 1. The van der Waals surface area contributed by atoms with Gasteiger partial charge in [0.05, 0.1) is 5.52 Å². The molecule has 0 aliphatic carbocycles. The number of nitrogens with zero attached hydrogens (tertiary/aromatic N) is 3. The molecule has 0 N–H and O–H groups in total. The molecule has 2 aromatic carbocycles. The summed E-state index contributed by atoms with van der Waals surface area (Å²) < 4.78 is 7.44. The molecule has 2 aromatic heterocycles. The van der Waals surface area contributed by atoms with Crippen molar-refractivity contribution in [1.29, 1.82) is 0 Å². The van der Waals surface area contributed by atoms with Gasteiger partial charge in [-0.1, -0.05) is 47.9 Å². The molecule has 0 aliphatic rings. The zero-order chi connectivity index (χ0) is 18.1. The van der Waals surface area contributed by atoms with E-state index in [9.17, 15) is 4.79 Å². The van der Waals surface area contributed by atoms with E-state index in [0.29, 0.717) is 21.8 Å². The van der Waals surface area contributed by atoms with E-state index >= 15 is 0 Å². The van der Waals surface area contributed by atoms with Crippen molar-refractivity contribution < 1.29 is 4.52 Å². The molecule has 4 rings (SSSR count). The van der Waals surface area contributed by atoms with Gasteiger partial charge in [-0.05, 0) is 30.7 Å². The Kier molecular flexibility index (Phi) is 4.31. The van der Waals surface area contributed by atoms with E-state index in [4.69, 9.17) is 16.1 Å². The van der Waals surface area contributed by atoms with Crippen molar-refractivity contribution in [3.63, 3.8) is 0 Å². The lowest BCUT2D eigenvalue weighted by Gasteiger charge is -2.10. The Hall–Kier alpha value is -2.92. The summed E-state index contributed by atoms with van der Waals surface area (Å²) >= 11 is 6.03. The van der Waals surface area contributed by atoms with E-state index in [1.807, 2.05) is 36.4 Å². The first kappa shape index (κ1) is 16.5. The van der Waals surface area contributed by atoms with Gasteiger partial charge in [-0.15, -0.1) is 0 Å². The van der Waals surface area contributed by atoms with Gasteiger partial charge >= 0.3 is 0 Å². The van der Waals surface area contributed by atoms with Crippen molar-refractivity contribution in [2.75, 3.05) is 0 Å². The van der Waals surface area contributed by atoms with Gasteiger partial charge in [0.25, 0.3) is 5.89 Å². The third-order valence-corrected chi connectivity index (χ3v) is 4.43. The molecule has 4 aromatic rings. The van der Waals surface area contributed by atoms with Gasteiger partial charge in [-0.25, -0.2) is 0 Å². The Balaban J connectivity index is 1.87. The first-order valence-electron chi connectivity index (χ1n) is 8.39. The number of hydrogen-bond acceptors (Lipinski definition) is 4. The molecule has 0 radical (unpaired) electrons. The minimum Gasteiger partial charge on any atom is -0.346 e. The largest absolute Gasteiger partial charge is 0.346 e. The fraction of sp³-hybridized carbons (Fsp3) is 0.150. The lowest BCUT2D eigenvalue weighted by atomic mass is 10.1. The van der Waals surface area contributed by atoms with Crippen LogP contribution in [0.2, 0.25) is 5.02 Å². The van der Waals surface area contributed by atoms with E-state index in [2.05, 4.69) is 21.6 Å². The third kappa shape index (κ3) is 2.91. The summed E-state index contributed by atoms with van der Waals surface area (Å²) in [6.07, 6.45) is 2.74. The molecule has 0 amide bonds. The maximum Gasteiger partial charge on any atom is 0.263 e. The normalized spacial score (nSPS) is 11.2. The Bertz CT molecular complexity index is 1150. The van der Waals surface area contributed by atoms with Gasteiger partial charge in [0.15, 0.2) is 0 Å². The topological polar surface area (TPSA) is 60.9 Å². The summed E-state index contributed by atoms with van der Waals surface area (Å²) in [6, 6.07) is 14.7. The van der Waals surface area contributed by atoms with Crippen LogP contribution in [0.3, 0.4) is 0 Å². The van der Waals surface area contributed by atoms with Crippen molar-refractivity contribution in [3.8, 4) is 22.8 Å². The van der Waals surface area contributed by atoms with Crippen LogP contribution in [0.25, 0.3) is 33.7 Å². The lowest BCUT2D eigenvalue weighted by Crippen LogP contribution is -2.12. The summed E-state index contributed by atoms with van der Waals surface area (Å²) in [4.78, 5) is 17.3. The number of benzene rings is 2. The van der Waals surface area contributed by atoms with Crippen LogP contribution in [0.5, 0.6) is 0 Å². The molecule has 0 fully saturated rings. The van der Waals surface area contributed by atoms with Crippen molar-refractivity contribution in [1.82, 2.24) is 14.7 Å². The summed E-state index contributed by atoms with van der Waals surface area (Å²) in [7, 11) is 0. The molecule has 0 bridgehead atoms. The highest BCUT2D eigenvalue weighted by atomic mass is 35.5. The van der Waals surface area contributed by atoms with Crippen LogP contribution in [-0.4, -0.2) is 14.7 Å². The monoisotopic (exact) mass is 365 g/mol. The molecule has 0 saturated heterocycles. The average molecular weight is 366 g/mol. The van der Waals surface area contributed by atoms with Crippen LogP contribution in [0.1, 0.15) is 13.3 Å². The number of pyridine rings is 1. The van der Waals surface area contributed by atoms with Gasteiger partial charge in [0, 0.05) is 28.7 Å². The maximum absolute atomic E-state index is 12.9. The van der Waals surface area contributed by atoms with Crippen molar-refractivity contribution in [2.24, 2.45) is 0 Å². The van der Waals surface area contributed by atoms with E-state index in [1.165, 1.54) is 0 Å². The van der Waals surface area contributed by atoms with E-state index in [0.717, 1.165) is 24.0 Å². The second kappa shape index (κ2) is 6.77. The zero-order valence-electron chi connectivity index (χ0n) is 14.1. The molecule has 0 unspecified atom stereocenters. The molecule has 0 saturated carbocycles. The SMILES string of the molecule is CCCn1cc(-c2nc(-c3cccc(Cl)c3)no2)c(=O)c2ccccc21. The lowest BCUT2D eigenvalue weighted by molar-refractivity contribution is 0.431. The second-order valence-corrected chi connectivity index (χ2v) is 6.45. The van der Waals surface area contributed by atoms with E-state index in [1.54, 1.807) is 18.3 Å². The van der Waals surface area contributed by atoms with E-state index in [-0.39, 0.29) is 11.3 Å². The second-order valence-electron chi connectivity index (χ2n) is 6.02. The van der Waals surface area contributed by atoms with Gasteiger partial charge < -0.3 is 9.09 Å². The van der Waals surface area contributed by atoms with Crippen LogP contribution in [0.15, 0.2) is 64.0 Å². The number of halogens is 1. The zero-order valence-corrected chi connectivity index (χ0v) is 14.9. The van der Waals surface area contributed by atoms with Crippen LogP contribution in [-0.2, 0) is 6.54 Å². The Labute approximate surface area is 154 Å². The highest BCUT2D eigenvalue weighted by molar-refractivity contribution is 6.30. The first-order valence-corrected chi connectivity index (χ1v) is 8.77.